The number of fused-ring (bicyclic) bond motifs is 2. The molecule has 3 aromatic carbocycles. The number of carbonyl (C=O) groups is 4. The Morgan fingerprint density at radius 1 is 0.976 bits per heavy atom. The molecule has 1 aliphatic carbocycles. The number of pyridine rings is 1. The molecule has 2 heterocycles. The Morgan fingerprint density at radius 2 is 1.71 bits per heavy atom. The van der Waals surface area contributed by atoms with E-state index in [9.17, 15) is 19.2 Å². The first-order valence-corrected chi connectivity index (χ1v) is 13.7. The molecule has 0 saturated carbocycles. The molecule has 0 spiro atoms. The van der Waals surface area contributed by atoms with Crippen molar-refractivity contribution in [3.05, 3.63) is 107 Å². The van der Waals surface area contributed by atoms with Gasteiger partial charge in [0, 0.05) is 21.5 Å². The molecule has 3 atom stereocenters. The molecule has 41 heavy (non-hydrogen) atoms. The van der Waals surface area contributed by atoms with Crippen molar-refractivity contribution in [1.82, 2.24) is 4.98 Å². The number of hydrogen-bond acceptors (Lipinski definition) is 6. The number of esters is 1. The van der Waals surface area contributed by atoms with Crippen LogP contribution in [0.4, 0.5) is 5.69 Å². The van der Waals surface area contributed by atoms with E-state index in [1.807, 2.05) is 25.1 Å². The summed E-state index contributed by atoms with van der Waals surface area (Å²) in [5.41, 5.74) is 2.96. The maximum absolute atomic E-state index is 13.2. The number of aromatic nitrogens is 1. The molecule has 2 amide bonds. The standard InChI is InChI=1S/C33H25ClN2O5/c1-19-5-4-7-25-30(19)32(39)36(31(25)38)23-15-11-20(12-16-23)28-17-26(24-6-2-3-8-27(24)35-28)33(40)41-18-29(37)21-9-13-22(34)14-10-21/h2-6,8-17,19,25,30H,7,18H2,1H3. The van der Waals surface area contributed by atoms with Gasteiger partial charge in [-0.1, -0.05) is 61.0 Å². The highest BCUT2D eigenvalue weighted by molar-refractivity contribution is 6.30. The second kappa shape index (κ2) is 10.7. The van der Waals surface area contributed by atoms with Crippen molar-refractivity contribution < 1.29 is 23.9 Å². The number of anilines is 1. The molecule has 8 heteroatoms. The van der Waals surface area contributed by atoms with Gasteiger partial charge in [-0.2, -0.15) is 0 Å². The summed E-state index contributed by atoms with van der Waals surface area (Å²) >= 11 is 5.89. The van der Waals surface area contributed by atoms with Crippen LogP contribution in [0, 0.1) is 17.8 Å². The quantitative estimate of drug-likeness (QED) is 0.118. The lowest BCUT2D eigenvalue weighted by Crippen LogP contribution is -2.31. The largest absolute Gasteiger partial charge is 0.454 e. The summed E-state index contributed by atoms with van der Waals surface area (Å²) in [7, 11) is 0. The molecular weight excluding hydrogens is 540 g/mol. The van der Waals surface area contributed by atoms with Gasteiger partial charge in [0.2, 0.25) is 11.8 Å². The predicted molar refractivity (Wildman–Crippen MR) is 156 cm³/mol. The zero-order valence-electron chi connectivity index (χ0n) is 22.1. The average molecular weight is 565 g/mol. The predicted octanol–water partition coefficient (Wildman–Crippen LogP) is 6.30. The van der Waals surface area contributed by atoms with Crippen molar-refractivity contribution in [3.8, 4) is 11.3 Å². The zero-order valence-corrected chi connectivity index (χ0v) is 22.9. The Morgan fingerprint density at radius 3 is 2.44 bits per heavy atom. The Hall–Kier alpha value is -4.62. The highest BCUT2D eigenvalue weighted by Crippen LogP contribution is 2.40. The van der Waals surface area contributed by atoms with Crippen LogP contribution in [0.2, 0.25) is 5.02 Å². The summed E-state index contributed by atoms with van der Waals surface area (Å²) in [6.07, 6.45) is 4.55. The second-order valence-electron chi connectivity index (χ2n) is 10.3. The van der Waals surface area contributed by atoms with Crippen LogP contribution in [0.5, 0.6) is 0 Å². The Bertz CT molecular complexity index is 1730. The van der Waals surface area contributed by atoms with Crippen molar-refractivity contribution >= 4 is 51.8 Å². The summed E-state index contributed by atoms with van der Waals surface area (Å²) in [6, 6.07) is 22.2. The Balaban J connectivity index is 1.26. The summed E-state index contributed by atoms with van der Waals surface area (Å²) in [4.78, 5) is 58.0. The lowest BCUT2D eigenvalue weighted by molar-refractivity contribution is -0.122. The molecule has 3 unspecified atom stereocenters. The number of rotatable bonds is 6. The summed E-state index contributed by atoms with van der Waals surface area (Å²) < 4.78 is 5.40. The molecule has 2 aliphatic rings. The molecule has 0 N–H and O–H groups in total. The fourth-order valence-corrected chi connectivity index (χ4v) is 5.73. The first kappa shape index (κ1) is 26.6. The number of nitrogens with zero attached hydrogens (tertiary/aromatic N) is 2. The van der Waals surface area contributed by atoms with Gasteiger partial charge in [-0.25, -0.2) is 9.78 Å². The van der Waals surface area contributed by atoms with Gasteiger partial charge in [0.25, 0.3) is 0 Å². The van der Waals surface area contributed by atoms with Gasteiger partial charge in [0.05, 0.1) is 34.3 Å². The second-order valence-corrected chi connectivity index (χ2v) is 10.7. The molecule has 4 aromatic rings. The molecule has 1 aromatic heterocycles. The van der Waals surface area contributed by atoms with Gasteiger partial charge in [-0.3, -0.25) is 19.3 Å². The average Bonchev–Trinajstić information content (AvgIpc) is 3.25. The van der Waals surface area contributed by atoms with Crippen LogP contribution in [0.15, 0.2) is 91.0 Å². The lowest BCUT2D eigenvalue weighted by Gasteiger charge is -2.22. The molecule has 0 bridgehead atoms. The van der Waals surface area contributed by atoms with E-state index < -0.39 is 12.6 Å². The van der Waals surface area contributed by atoms with E-state index in [-0.39, 0.29) is 40.9 Å². The monoisotopic (exact) mass is 564 g/mol. The Kier molecular flexibility index (Phi) is 6.97. The minimum absolute atomic E-state index is 0.0101. The molecule has 0 radical (unpaired) electrons. The third kappa shape index (κ3) is 4.93. The highest BCUT2D eigenvalue weighted by atomic mass is 35.5. The van der Waals surface area contributed by atoms with Crippen LogP contribution in [0.3, 0.4) is 0 Å². The number of amides is 2. The smallest absolute Gasteiger partial charge is 0.339 e. The summed E-state index contributed by atoms with van der Waals surface area (Å²) in [5, 5.41) is 1.10. The van der Waals surface area contributed by atoms with Crippen molar-refractivity contribution in [3.63, 3.8) is 0 Å². The molecular formula is C33H25ClN2O5. The van der Waals surface area contributed by atoms with Gasteiger partial charge in [0.15, 0.2) is 12.4 Å². The fourth-order valence-electron chi connectivity index (χ4n) is 5.60. The minimum Gasteiger partial charge on any atom is -0.454 e. The summed E-state index contributed by atoms with van der Waals surface area (Å²) in [6.45, 7) is 1.54. The van der Waals surface area contributed by atoms with Gasteiger partial charge in [-0.15, -0.1) is 0 Å². The van der Waals surface area contributed by atoms with Crippen LogP contribution < -0.4 is 4.90 Å². The first-order valence-electron chi connectivity index (χ1n) is 13.3. The molecule has 1 saturated heterocycles. The van der Waals surface area contributed by atoms with Crippen LogP contribution in [-0.4, -0.2) is 35.2 Å². The van der Waals surface area contributed by atoms with Crippen molar-refractivity contribution in [2.75, 3.05) is 11.5 Å². The normalized spacial score (nSPS) is 19.9. The number of para-hydroxylation sites is 1. The number of ketones is 1. The third-order valence-corrected chi connectivity index (χ3v) is 7.98. The number of benzene rings is 3. The van der Waals surface area contributed by atoms with Gasteiger partial charge in [0.1, 0.15) is 0 Å². The van der Waals surface area contributed by atoms with Gasteiger partial charge >= 0.3 is 5.97 Å². The van der Waals surface area contributed by atoms with E-state index in [0.717, 1.165) is 0 Å². The number of ether oxygens (including phenoxy) is 1. The number of imide groups is 1. The lowest BCUT2D eigenvalue weighted by atomic mass is 9.78. The molecule has 204 valence electrons. The van der Waals surface area contributed by atoms with Crippen molar-refractivity contribution in [2.24, 2.45) is 17.8 Å². The van der Waals surface area contributed by atoms with Gasteiger partial charge in [-0.05, 0) is 60.9 Å². The maximum atomic E-state index is 13.2. The van der Waals surface area contributed by atoms with Crippen molar-refractivity contribution in [1.29, 1.82) is 0 Å². The number of Topliss-reactive ketones (excluding diaryl/α,β-unsaturated/α-hetero) is 1. The van der Waals surface area contributed by atoms with E-state index in [4.69, 9.17) is 21.3 Å². The third-order valence-electron chi connectivity index (χ3n) is 7.73. The van der Waals surface area contributed by atoms with Crippen LogP contribution in [0.1, 0.15) is 34.1 Å². The first-order chi connectivity index (χ1) is 19.8. The highest BCUT2D eigenvalue weighted by Gasteiger charge is 2.50. The Labute approximate surface area is 241 Å². The van der Waals surface area contributed by atoms with Crippen molar-refractivity contribution in [2.45, 2.75) is 13.3 Å². The molecule has 7 nitrogen and oxygen atoms in total. The fraction of sp³-hybridized carbons (Fsp3) is 0.182. The van der Waals surface area contributed by atoms with Crippen LogP contribution in [-0.2, 0) is 14.3 Å². The molecule has 6 rings (SSSR count). The minimum atomic E-state index is -0.651. The SMILES string of the molecule is CC1C=CCC2C(=O)N(c3ccc(-c4cc(C(=O)OCC(=O)c5ccc(Cl)cc5)c5ccccc5n4)cc3)C(=O)C12. The van der Waals surface area contributed by atoms with E-state index >= 15 is 0 Å². The number of hydrogen-bond donors (Lipinski definition) is 0. The number of halogens is 1. The van der Waals surface area contributed by atoms with Crippen LogP contribution in [0.25, 0.3) is 22.2 Å². The zero-order chi connectivity index (χ0) is 28.7. The van der Waals surface area contributed by atoms with E-state index in [0.29, 0.717) is 44.9 Å². The molecule has 1 aliphatic heterocycles. The topological polar surface area (TPSA) is 93.6 Å². The summed E-state index contributed by atoms with van der Waals surface area (Å²) in [5.74, 6) is -2.00. The van der Waals surface area contributed by atoms with E-state index in [1.54, 1.807) is 72.8 Å². The van der Waals surface area contributed by atoms with Crippen LogP contribution >= 0.6 is 11.6 Å². The van der Waals surface area contributed by atoms with E-state index in [2.05, 4.69) is 0 Å². The van der Waals surface area contributed by atoms with Gasteiger partial charge < -0.3 is 4.74 Å². The maximum Gasteiger partial charge on any atom is 0.339 e. The molecule has 1 fully saturated rings. The number of allylic oxidation sites excluding steroid dienone is 2. The van der Waals surface area contributed by atoms with E-state index in [1.165, 1.54) is 4.90 Å². The number of carbonyl (C=O) groups excluding carboxylic acids is 4.